The first kappa shape index (κ1) is 14.5. The number of esters is 1. The Bertz CT molecular complexity index is 617. The molecule has 4 nitrogen and oxygen atoms in total. The molecule has 106 valence electrons. The number of hydrogen-bond donors (Lipinski definition) is 1. The average molecular weight is 272 g/mol. The number of hydrogen-bond acceptors (Lipinski definition) is 4. The molecular formula is C16H20N2O2. The Morgan fingerprint density at radius 1 is 1.35 bits per heavy atom. The number of nitrogens with zero attached hydrogens (tertiary/aromatic N) is 1. The number of carbonyl (C=O) groups is 1. The van der Waals surface area contributed by atoms with Gasteiger partial charge in [0.1, 0.15) is 11.6 Å². The lowest BCUT2D eigenvalue weighted by Crippen LogP contribution is -2.38. The summed E-state index contributed by atoms with van der Waals surface area (Å²) in [6, 6.07) is 9.12. The molecule has 0 spiro atoms. The summed E-state index contributed by atoms with van der Waals surface area (Å²) >= 11 is 0. The smallest absolute Gasteiger partial charge is 0.323 e. The van der Waals surface area contributed by atoms with Crippen molar-refractivity contribution >= 4 is 16.9 Å². The van der Waals surface area contributed by atoms with Crippen LogP contribution >= 0.6 is 0 Å². The molecule has 2 N–H and O–H groups in total. The molecule has 0 radical (unpaired) electrons. The van der Waals surface area contributed by atoms with Crippen molar-refractivity contribution in [1.29, 1.82) is 0 Å². The van der Waals surface area contributed by atoms with E-state index in [0.717, 1.165) is 16.5 Å². The topological polar surface area (TPSA) is 65.2 Å². The molecule has 0 saturated carbocycles. The Kier molecular flexibility index (Phi) is 4.04. The van der Waals surface area contributed by atoms with Gasteiger partial charge in [-0.1, -0.05) is 12.1 Å². The van der Waals surface area contributed by atoms with Crippen molar-refractivity contribution in [3.8, 4) is 0 Å². The average Bonchev–Trinajstić information content (AvgIpc) is 2.36. The van der Waals surface area contributed by atoms with Crippen molar-refractivity contribution in [1.82, 2.24) is 4.98 Å². The van der Waals surface area contributed by atoms with Crippen LogP contribution in [0.2, 0.25) is 0 Å². The predicted molar refractivity (Wildman–Crippen MR) is 79.3 cm³/mol. The summed E-state index contributed by atoms with van der Waals surface area (Å²) in [4.78, 5) is 16.1. The highest BCUT2D eigenvalue weighted by Gasteiger charge is 2.22. The molecule has 2 aromatic rings. The van der Waals surface area contributed by atoms with Gasteiger partial charge in [0.2, 0.25) is 0 Å². The number of ether oxygens (including phenoxy) is 1. The monoisotopic (exact) mass is 272 g/mol. The van der Waals surface area contributed by atoms with Crippen molar-refractivity contribution < 1.29 is 9.53 Å². The summed E-state index contributed by atoms with van der Waals surface area (Å²) in [6.45, 7) is 5.50. The van der Waals surface area contributed by atoms with Crippen LogP contribution in [0.1, 0.15) is 26.3 Å². The molecule has 2 rings (SSSR count). The molecule has 0 fully saturated rings. The molecule has 0 aliphatic carbocycles. The van der Waals surface area contributed by atoms with Crippen LogP contribution in [-0.2, 0) is 16.0 Å². The first-order valence-electron chi connectivity index (χ1n) is 6.67. The molecule has 1 unspecified atom stereocenters. The maximum atomic E-state index is 11.9. The normalized spacial score (nSPS) is 13.2. The molecule has 0 amide bonds. The molecule has 1 aromatic heterocycles. The Hall–Kier alpha value is -1.94. The number of rotatable bonds is 3. The predicted octanol–water partition coefficient (Wildman–Crippen LogP) is 2.45. The largest absolute Gasteiger partial charge is 0.459 e. The molecule has 0 aliphatic heterocycles. The summed E-state index contributed by atoms with van der Waals surface area (Å²) in [5.41, 5.74) is 7.33. The van der Waals surface area contributed by atoms with Gasteiger partial charge in [0.05, 0.1) is 5.52 Å². The zero-order valence-electron chi connectivity index (χ0n) is 12.1. The highest BCUT2D eigenvalue weighted by atomic mass is 16.6. The molecule has 1 atom stereocenters. The van der Waals surface area contributed by atoms with Crippen molar-refractivity contribution in [2.75, 3.05) is 0 Å². The van der Waals surface area contributed by atoms with Crippen LogP contribution < -0.4 is 5.73 Å². The Morgan fingerprint density at radius 3 is 2.80 bits per heavy atom. The van der Waals surface area contributed by atoms with E-state index >= 15 is 0 Å². The van der Waals surface area contributed by atoms with E-state index in [1.54, 1.807) is 6.20 Å². The SMILES string of the molecule is CC(C)(C)OC(=O)C(N)Cc1ccc2ncccc2c1. The number of fused-ring (bicyclic) bond motifs is 1. The summed E-state index contributed by atoms with van der Waals surface area (Å²) in [6.07, 6.45) is 2.22. The van der Waals surface area contributed by atoms with Crippen molar-refractivity contribution in [2.45, 2.75) is 38.8 Å². The molecule has 4 heteroatoms. The van der Waals surface area contributed by atoms with E-state index in [1.807, 2.05) is 51.1 Å². The van der Waals surface area contributed by atoms with Crippen molar-refractivity contribution in [3.63, 3.8) is 0 Å². The van der Waals surface area contributed by atoms with E-state index in [0.29, 0.717) is 6.42 Å². The van der Waals surface area contributed by atoms with Crippen LogP contribution in [-0.4, -0.2) is 22.6 Å². The fourth-order valence-electron chi connectivity index (χ4n) is 1.97. The van der Waals surface area contributed by atoms with Gasteiger partial charge >= 0.3 is 5.97 Å². The van der Waals surface area contributed by atoms with E-state index in [4.69, 9.17) is 10.5 Å². The highest BCUT2D eigenvalue weighted by Crippen LogP contribution is 2.15. The molecule has 20 heavy (non-hydrogen) atoms. The lowest BCUT2D eigenvalue weighted by Gasteiger charge is -2.22. The Balaban J connectivity index is 2.09. The van der Waals surface area contributed by atoms with Gasteiger partial charge in [-0.15, -0.1) is 0 Å². The number of benzene rings is 1. The minimum atomic E-state index is -0.650. The Morgan fingerprint density at radius 2 is 2.10 bits per heavy atom. The molecule has 1 heterocycles. The van der Waals surface area contributed by atoms with E-state index in [1.165, 1.54) is 0 Å². The molecular weight excluding hydrogens is 252 g/mol. The summed E-state index contributed by atoms with van der Waals surface area (Å²) in [5.74, 6) is -0.371. The van der Waals surface area contributed by atoms with E-state index in [9.17, 15) is 4.79 Å². The maximum Gasteiger partial charge on any atom is 0.323 e. The number of aromatic nitrogens is 1. The van der Waals surface area contributed by atoms with E-state index in [-0.39, 0.29) is 5.97 Å². The molecule has 0 aliphatic rings. The number of nitrogens with two attached hydrogens (primary N) is 1. The molecule has 0 saturated heterocycles. The van der Waals surface area contributed by atoms with E-state index in [2.05, 4.69) is 4.98 Å². The molecule has 1 aromatic carbocycles. The summed E-state index contributed by atoms with van der Waals surface area (Å²) in [5, 5.41) is 1.04. The van der Waals surface area contributed by atoms with Crippen LogP contribution in [0.25, 0.3) is 10.9 Å². The van der Waals surface area contributed by atoms with Gasteiger partial charge in [-0.3, -0.25) is 9.78 Å². The van der Waals surface area contributed by atoms with Gasteiger partial charge in [-0.05, 0) is 51.0 Å². The summed E-state index contributed by atoms with van der Waals surface area (Å²) in [7, 11) is 0. The number of carbonyl (C=O) groups excluding carboxylic acids is 1. The number of pyridine rings is 1. The third kappa shape index (κ3) is 3.78. The fraction of sp³-hybridized carbons (Fsp3) is 0.375. The van der Waals surface area contributed by atoms with Gasteiger partial charge in [0.15, 0.2) is 0 Å². The first-order chi connectivity index (χ1) is 9.35. The first-order valence-corrected chi connectivity index (χ1v) is 6.67. The van der Waals surface area contributed by atoms with Crippen LogP contribution in [0, 0.1) is 0 Å². The zero-order valence-corrected chi connectivity index (χ0v) is 12.1. The minimum Gasteiger partial charge on any atom is -0.459 e. The van der Waals surface area contributed by atoms with Crippen LogP contribution in [0.3, 0.4) is 0 Å². The van der Waals surface area contributed by atoms with Crippen molar-refractivity contribution in [2.24, 2.45) is 5.73 Å². The molecule has 0 bridgehead atoms. The second kappa shape index (κ2) is 5.59. The standard InChI is InChI=1S/C16H20N2O2/c1-16(2,3)20-15(19)13(17)10-11-6-7-14-12(9-11)5-4-8-18-14/h4-9,13H,10,17H2,1-3H3. The van der Waals surface area contributed by atoms with E-state index < -0.39 is 11.6 Å². The second-order valence-electron chi connectivity index (χ2n) is 5.87. The van der Waals surface area contributed by atoms with Gasteiger partial charge in [0.25, 0.3) is 0 Å². The van der Waals surface area contributed by atoms with Crippen molar-refractivity contribution in [3.05, 3.63) is 42.1 Å². The fourth-order valence-corrected chi connectivity index (χ4v) is 1.97. The van der Waals surface area contributed by atoms with Crippen LogP contribution in [0.5, 0.6) is 0 Å². The van der Waals surface area contributed by atoms with Gasteiger partial charge in [-0.2, -0.15) is 0 Å². The summed E-state index contributed by atoms with van der Waals surface area (Å²) < 4.78 is 5.28. The highest BCUT2D eigenvalue weighted by molar-refractivity contribution is 5.80. The quantitative estimate of drug-likeness (QED) is 0.872. The zero-order chi connectivity index (χ0) is 14.8. The second-order valence-corrected chi connectivity index (χ2v) is 5.87. The third-order valence-corrected chi connectivity index (χ3v) is 2.83. The van der Waals surface area contributed by atoms with Crippen LogP contribution in [0.15, 0.2) is 36.5 Å². The lowest BCUT2D eigenvalue weighted by molar-refractivity contribution is -0.156. The van der Waals surface area contributed by atoms with Gasteiger partial charge in [-0.25, -0.2) is 0 Å². The lowest BCUT2D eigenvalue weighted by atomic mass is 10.0. The minimum absolute atomic E-state index is 0.371. The van der Waals surface area contributed by atoms with Gasteiger partial charge < -0.3 is 10.5 Å². The van der Waals surface area contributed by atoms with Crippen LogP contribution in [0.4, 0.5) is 0 Å². The van der Waals surface area contributed by atoms with Gasteiger partial charge in [0, 0.05) is 11.6 Å². The Labute approximate surface area is 119 Å². The maximum absolute atomic E-state index is 11.9. The third-order valence-electron chi connectivity index (χ3n) is 2.83.